The van der Waals surface area contributed by atoms with E-state index in [0.717, 1.165) is 11.3 Å². The summed E-state index contributed by atoms with van der Waals surface area (Å²) in [5, 5.41) is 22.4. The molecule has 0 unspecified atom stereocenters. The highest BCUT2D eigenvalue weighted by molar-refractivity contribution is 5.91. The maximum Gasteiger partial charge on any atom is 0.152 e. The van der Waals surface area contributed by atoms with E-state index in [1.54, 1.807) is 25.3 Å². The predicted octanol–water partition coefficient (Wildman–Crippen LogP) is 3.11. The topological polar surface area (TPSA) is 130 Å². The summed E-state index contributed by atoms with van der Waals surface area (Å²) >= 11 is 0. The van der Waals surface area contributed by atoms with Crippen molar-refractivity contribution in [2.75, 3.05) is 23.9 Å². The van der Waals surface area contributed by atoms with E-state index in [4.69, 9.17) is 16.2 Å². The molecule has 6 N–H and O–H groups in total. The second-order valence-corrected chi connectivity index (χ2v) is 5.87. The van der Waals surface area contributed by atoms with Gasteiger partial charge in [-0.3, -0.25) is 0 Å². The van der Waals surface area contributed by atoms with Gasteiger partial charge >= 0.3 is 0 Å². The number of benzene rings is 2. The van der Waals surface area contributed by atoms with Crippen LogP contribution < -0.4 is 21.5 Å². The van der Waals surface area contributed by atoms with E-state index in [1.807, 2.05) is 30.3 Å². The maximum absolute atomic E-state index is 9.77. The van der Waals surface area contributed by atoms with Gasteiger partial charge in [-0.25, -0.2) is 4.98 Å². The average molecular weight is 361 g/mol. The molecule has 0 aliphatic heterocycles. The third-order valence-corrected chi connectivity index (χ3v) is 4.13. The molecule has 27 heavy (non-hydrogen) atoms. The number of nitrogens with one attached hydrogen (secondary N) is 1. The first-order valence-electron chi connectivity index (χ1n) is 8.18. The van der Waals surface area contributed by atoms with Gasteiger partial charge in [-0.05, 0) is 35.4 Å². The molecule has 2 aromatic carbocycles. The van der Waals surface area contributed by atoms with E-state index < -0.39 is 0 Å². The Balaban J connectivity index is 1.97. The number of pyridine rings is 1. The Hall–Kier alpha value is -3.92. The molecule has 3 rings (SSSR count). The standard InChI is InChI=1S/C20H19N5O2/c1-27-15-7-5-12(6-8-15)11-24-20-18(22)17(16(10-21)19(23)25-20)13-3-2-4-14(26)9-13/h2-9,26H,11,22H2,1H3,(H3,23,24,25). The van der Waals surface area contributed by atoms with Gasteiger partial charge in [-0.15, -0.1) is 0 Å². The van der Waals surface area contributed by atoms with Gasteiger partial charge in [-0.2, -0.15) is 5.26 Å². The molecule has 0 spiro atoms. The molecule has 0 bridgehead atoms. The summed E-state index contributed by atoms with van der Waals surface area (Å²) in [6.45, 7) is 0.464. The van der Waals surface area contributed by atoms with E-state index in [9.17, 15) is 10.4 Å². The number of methoxy groups -OCH3 is 1. The first-order chi connectivity index (χ1) is 13.0. The molecule has 0 atom stereocenters. The Kier molecular flexibility index (Phi) is 4.99. The van der Waals surface area contributed by atoms with Crippen LogP contribution in [0.15, 0.2) is 48.5 Å². The lowest BCUT2D eigenvalue weighted by atomic mass is 9.99. The average Bonchev–Trinajstić information content (AvgIpc) is 2.68. The molecule has 136 valence electrons. The molecule has 0 saturated carbocycles. The predicted molar refractivity (Wildman–Crippen MR) is 105 cm³/mol. The smallest absolute Gasteiger partial charge is 0.152 e. The van der Waals surface area contributed by atoms with Crippen molar-refractivity contribution in [1.82, 2.24) is 4.98 Å². The van der Waals surface area contributed by atoms with Crippen molar-refractivity contribution in [3.63, 3.8) is 0 Å². The molecule has 0 saturated heterocycles. The first kappa shape index (κ1) is 17.9. The molecular weight excluding hydrogens is 342 g/mol. The molecule has 0 fully saturated rings. The van der Waals surface area contributed by atoms with E-state index >= 15 is 0 Å². The van der Waals surface area contributed by atoms with E-state index in [0.29, 0.717) is 29.2 Å². The fraction of sp³-hybridized carbons (Fsp3) is 0.100. The lowest BCUT2D eigenvalue weighted by Crippen LogP contribution is -2.10. The zero-order valence-corrected chi connectivity index (χ0v) is 14.7. The van der Waals surface area contributed by atoms with Gasteiger partial charge in [-0.1, -0.05) is 24.3 Å². The number of aromatic hydroxyl groups is 1. The van der Waals surface area contributed by atoms with Crippen LogP contribution in [0.5, 0.6) is 11.5 Å². The molecule has 3 aromatic rings. The molecule has 0 aliphatic rings. The first-order valence-corrected chi connectivity index (χ1v) is 8.18. The Morgan fingerprint density at radius 1 is 1.19 bits per heavy atom. The van der Waals surface area contributed by atoms with Crippen LogP contribution in [0.2, 0.25) is 0 Å². The highest BCUT2D eigenvalue weighted by atomic mass is 16.5. The number of hydrogen-bond donors (Lipinski definition) is 4. The quantitative estimate of drug-likeness (QED) is 0.549. The number of hydrogen-bond acceptors (Lipinski definition) is 7. The van der Waals surface area contributed by atoms with Crippen molar-refractivity contribution in [3.05, 3.63) is 59.7 Å². The van der Waals surface area contributed by atoms with Gasteiger partial charge in [0.25, 0.3) is 0 Å². The molecule has 0 radical (unpaired) electrons. The lowest BCUT2D eigenvalue weighted by molar-refractivity contribution is 0.414. The molecule has 0 amide bonds. The maximum atomic E-state index is 9.77. The van der Waals surface area contributed by atoms with Crippen molar-refractivity contribution in [3.8, 4) is 28.7 Å². The Bertz CT molecular complexity index is 1010. The number of nitriles is 1. The summed E-state index contributed by atoms with van der Waals surface area (Å²) in [6.07, 6.45) is 0. The van der Waals surface area contributed by atoms with Crippen LogP contribution in [0.25, 0.3) is 11.1 Å². The molecular formula is C20H19N5O2. The number of phenolic OH excluding ortho intramolecular Hbond substituents is 1. The summed E-state index contributed by atoms with van der Waals surface area (Å²) in [4.78, 5) is 4.23. The number of rotatable bonds is 5. The minimum Gasteiger partial charge on any atom is -0.508 e. The minimum absolute atomic E-state index is 0.0684. The third-order valence-electron chi connectivity index (χ3n) is 4.13. The van der Waals surface area contributed by atoms with Gasteiger partial charge in [0.2, 0.25) is 0 Å². The summed E-state index contributed by atoms with van der Waals surface area (Å²) in [6, 6.07) is 16.1. The fourth-order valence-corrected chi connectivity index (χ4v) is 2.76. The van der Waals surface area contributed by atoms with Crippen LogP contribution in [0, 0.1) is 11.3 Å². The number of phenols is 1. The summed E-state index contributed by atoms with van der Waals surface area (Å²) in [5.41, 5.74) is 14.8. The Labute approximate surface area is 156 Å². The molecule has 0 aliphatic carbocycles. The van der Waals surface area contributed by atoms with Crippen molar-refractivity contribution in [1.29, 1.82) is 5.26 Å². The Morgan fingerprint density at radius 3 is 2.56 bits per heavy atom. The van der Waals surface area contributed by atoms with Crippen molar-refractivity contribution >= 4 is 17.3 Å². The van der Waals surface area contributed by atoms with Crippen LogP contribution in [-0.4, -0.2) is 17.2 Å². The van der Waals surface area contributed by atoms with E-state index in [2.05, 4.69) is 10.3 Å². The van der Waals surface area contributed by atoms with Gasteiger partial charge < -0.3 is 26.6 Å². The number of nitrogens with two attached hydrogens (primary N) is 2. The number of nitrogens with zero attached hydrogens (tertiary/aromatic N) is 2. The van der Waals surface area contributed by atoms with Crippen LogP contribution in [-0.2, 0) is 6.54 Å². The van der Waals surface area contributed by atoms with Crippen molar-refractivity contribution in [2.45, 2.75) is 6.54 Å². The number of anilines is 3. The van der Waals surface area contributed by atoms with Gasteiger partial charge in [0.15, 0.2) is 5.82 Å². The summed E-state index contributed by atoms with van der Waals surface area (Å²) < 4.78 is 5.15. The van der Waals surface area contributed by atoms with E-state index in [-0.39, 0.29) is 17.1 Å². The van der Waals surface area contributed by atoms with Crippen molar-refractivity contribution < 1.29 is 9.84 Å². The van der Waals surface area contributed by atoms with Crippen LogP contribution >= 0.6 is 0 Å². The SMILES string of the molecule is COc1ccc(CNc2nc(N)c(C#N)c(-c3cccc(O)c3)c2N)cc1. The van der Waals surface area contributed by atoms with Crippen molar-refractivity contribution in [2.24, 2.45) is 0 Å². The van der Waals surface area contributed by atoms with Crippen LogP contribution in [0.3, 0.4) is 0 Å². The second kappa shape index (κ2) is 7.54. The lowest BCUT2D eigenvalue weighted by Gasteiger charge is -2.16. The third kappa shape index (κ3) is 3.70. The molecule has 7 nitrogen and oxygen atoms in total. The fourth-order valence-electron chi connectivity index (χ4n) is 2.76. The highest BCUT2D eigenvalue weighted by Crippen LogP contribution is 2.37. The Morgan fingerprint density at radius 2 is 1.93 bits per heavy atom. The molecule has 1 heterocycles. The summed E-state index contributed by atoms with van der Waals surface area (Å²) in [5.74, 6) is 1.28. The van der Waals surface area contributed by atoms with Gasteiger partial charge in [0.1, 0.15) is 28.9 Å². The number of ether oxygens (including phenoxy) is 1. The number of aromatic nitrogens is 1. The van der Waals surface area contributed by atoms with Gasteiger partial charge in [0.05, 0.1) is 12.8 Å². The molecule has 7 heteroatoms. The largest absolute Gasteiger partial charge is 0.508 e. The normalized spacial score (nSPS) is 10.2. The monoisotopic (exact) mass is 361 g/mol. The van der Waals surface area contributed by atoms with Crippen LogP contribution in [0.4, 0.5) is 17.3 Å². The second-order valence-electron chi connectivity index (χ2n) is 5.87. The highest BCUT2D eigenvalue weighted by Gasteiger charge is 2.18. The number of nitrogen functional groups attached to an aromatic ring is 2. The zero-order chi connectivity index (χ0) is 19.4. The van der Waals surface area contributed by atoms with Crippen LogP contribution in [0.1, 0.15) is 11.1 Å². The molecule has 1 aromatic heterocycles. The van der Waals surface area contributed by atoms with E-state index in [1.165, 1.54) is 6.07 Å². The van der Waals surface area contributed by atoms with Gasteiger partial charge in [0, 0.05) is 12.1 Å². The minimum atomic E-state index is 0.0684. The summed E-state index contributed by atoms with van der Waals surface area (Å²) in [7, 11) is 1.61. The zero-order valence-electron chi connectivity index (χ0n) is 14.7.